The van der Waals surface area contributed by atoms with Crippen molar-refractivity contribution in [3.63, 3.8) is 0 Å². The van der Waals surface area contributed by atoms with Gasteiger partial charge >= 0.3 is 5.69 Å². The Hall–Kier alpha value is -1.76. The molecule has 2 rings (SSSR count). The van der Waals surface area contributed by atoms with Crippen LogP contribution in [0.2, 0.25) is 0 Å². The SMILES string of the molecule is O=[N+]([O-])c1cnc(NCC2(CO)CCCCC2)nc1. The highest BCUT2D eigenvalue weighted by Crippen LogP contribution is 2.35. The van der Waals surface area contributed by atoms with Crippen molar-refractivity contribution in [2.75, 3.05) is 18.5 Å². The van der Waals surface area contributed by atoms with Crippen LogP contribution in [0.15, 0.2) is 12.4 Å². The molecule has 1 aromatic rings. The van der Waals surface area contributed by atoms with Gasteiger partial charge in [0.1, 0.15) is 12.4 Å². The van der Waals surface area contributed by atoms with Gasteiger partial charge < -0.3 is 10.4 Å². The van der Waals surface area contributed by atoms with E-state index in [2.05, 4.69) is 15.3 Å². The van der Waals surface area contributed by atoms with Crippen molar-refractivity contribution in [2.24, 2.45) is 5.41 Å². The smallest absolute Gasteiger partial charge is 0.305 e. The molecule has 1 fully saturated rings. The fourth-order valence-corrected chi connectivity index (χ4v) is 2.47. The minimum absolute atomic E-state index is 0.108. The van der Waals surface area contributed by atoms with E-state index in [0.717, 1.165) is 25.7 Å². The molecular formula is C12H18N4O3. The Labute approximate surface area is 111 Å². The molecule has 0 bridgehead atoms. The predicted octanol–water partition coefficient (Wildman–Crippen LogP) is 1.74. The molecule has 0 amide bonds. The molecule has 0 unspecified atom stereocenters. The minimum atomic E-state index is -0.528. The molecule has 0 spiro atoms. The van der Waals surface area contributed by atoms with E-state index in [9.17, 15) is 15.2 Å². The molecule has 1 heterocycles. The summed E-state index contributed by atoms with van der Waals surface area (Å²) in [4.78, 5) is 17.8. The predicted molar refractivity (Wildman–Crippen MR) is 69.8 cm³/mol. The van der Waals surface area contributed by atoms with Gasteiger partial charge in [0.25, 0.3) is 0 Å². The second kappa shape index (κ2) is 5.92. The van der Waals surface area contributed by atoms with Crippen LogP contribution in [-0.4, -0.2) is 33.1 Å². The lowest BCUT2D eigenvalue weighted by molar-refractivity contribution is -0.385. The third-order valence-corrected chi connectivity index (χ3v) is 3.72. The zero-order valence-electron chi connectivity index (χ0n) is 10.7. The number of nitrogens with one attached hydrogen (secondary N) is 1. The number of hydrogen-bond donors (Lipinski definition) is 2. The number of hydrogen-bond acceptors (Lipinski definition) is 6. The molecule has 7 heteroatoms. The van der Waals surface area contributed by atoms with Crippen LogP contribution in [0.25, 0.3) is 0 Å². The molecule has 104 valence electrons. The summed E-state index contributed by atoms with van der Waals surface area (Å²) in [6.07, 6.45) is 7.82. The third kappa shape index (κ3) is 3.37. The molecule has 2 N–H and O–H groups in total. The van der Waals surface area contributed by atoms with Crippen molar-refractivity contribution in [1.82, 2.24) is 9.97 Å². The number of aliphatic hydroxyl groups excluding tert-OH is 1. The highest BCUT2D eigenvalue weighted by molar-refractivity contribution is 5.30. The average Bonchev–Trinajstić information content (AvgIpc) is 2.46. The van der Waals surface area contributed by atoms with Crippen LogP contribution in [0.3, 0.4) is 0 Å². The molecule has 0 saturated heterocycles. The number of rotatable bonds is 5. The van der Waals surface area contributed by atoms with Gasteiger partial charge in [-0.3, -0.25) is 10.1 Å². The first-order valence-electron chi connectivity index (χ1n) is 6.46. The first kappa shape index (κ1) is 13.7. The van der Waals surface area contributed by atoms with Gasteiger partial charge in [-0.1, -0.05) is 19.3 Å². The summed E-state index contributed by atoms with van der Waals surface area (Å²) in [5, 5.41) is 23.1. The molecule has 1 aromatic heterocycles. The molecular weight excluding hydrogens is 248 g/mol. The Balaban J connectivity index is 1.95. The summed E-state index contributed by atoms with van der Waals surface area (Å²) >= 11 is 0. The first-order valence-corrected chi connectivity index (χ1v) is 6.46. The highest BCUT2D eigenvalue weighted by Gasteiger charge is 2.31. The van der Waals surface area contributed by atoms with Crippen LogP contribution in [0.4, 0.5) is 11.6 Å². The maximum absolute atomic E-state index is 10.5. The first-order chi connectivity index (χ1) is 9.15. The highest BCUT2D eigenvalue weighted by atomic mass is 16.6. The molecule has 1 aliphatic rings. The van der Waals surface area contributed by atoms with Crippen LogP contribution in [0, 0.1) is 15.5 Å². The second-order valence-electron chi connectivity index (χ2n) is 5.09. The van der Waals surface area contributed by atoms with Crippen molar-refractivity contribution < 1.29 is 10.0 Å². The molecule has 0 radical (unpaired) electrons. The van der Waals surface area contributed by atoms with Crippen molar-refractivity contribution in [3.05, 3.63) is 22.5 Å². The lowest BCUT2D eigenvalue weighted by Crippen LogP contribution is -2.35. The van der Waals surface area contributed by atoms with Gasteiger partial charge in [0.05, 0.1) is 11.5 Å². The van der Waals surface area contributed by atoms with Gasteiger partial charge in [-0.05, 0) is 12.8 Å². The molecule has 1 saturated carbocycles. The van der Waals surface area contributed by atoms with Crippen molar-refractivity contribution >= 4 is 11.6 Å². The van der Waals surface area contributed by atoms with Gasteiger partial charge in [0.2, 0.25) is 5.95 Å². The maximum atomic E-state index is 10.5. The normalized spacial score (nSPS) is 17.9. The molecule has 0 atom stereocenters. The number of aliphatic hydroxyl groups is 1. The summed E-state index contributed by atoms with van der Waals surface area (Å²) in [7, 11) is 0. The molecule has 0 aromatic carbocycles. The lowest BCUT2D eigenvalue weighted by Gasteiger charge is -2.35. The number of nitro groups is 1. The Morgan fingerprint density at radius 1 is 1.32 bits per heavy atom. The molecule has 0 aliphatic heterocycles. The van der Waals surface area contributed by atoms with Crippen LogP contribution in [0.5, 0.6) is 0 Å². The van der Waals surface area contributed by atoms with Gasteiger partial charge in [-0.15, -0.1) is 0 Å². The Morgan fingerprint density at radius 2 is 1.95 bits per heavy atom. The molecule has 7 nitrogen and oxygen atoms in total. The Morgan fingerprint density at radius 3 is 2.47 bits per heavy atom. The summed E-state index contributed by atoms with van der Waals surface area (Å²) in [6, 6.07) is 0. The fraction of sp³-hybridized carbons (Fsp3) is 0.667. The van der Waals surface area contributed by atoms with Crippen molar-refractivity contribution in [3.8, 4) is 0 Å². The van der Waals surface area contributed by atoms with Gasteiger partial charge in [-0.2, -0.15) is 0 Å². The second-order valence-corrected chi connectivity index (χ2v) is 5.09. The average molecular weight is 266 g/mol. The Kier molecular flexibility index (Phi) is 4.26. The van der Waals surface area contributed by atoms with Crippen molar-refractivity contribution in [2.45, 2.75) is 32.1 Å². The number of anilines is 1. The zero-order valence-corrected chi connectivity index (χ0v) is 10.7. The Bertz CT molecular complexity index is 429. The monoisotopic (exact) mass is 266 g/mol. The summed E-state index contributed by atoms with van der Waals surface area (Å²) in [6.45, 7) is 0.744. The summed E-state index contributed by atoms with van der Waals surface area (Å²) in [5.41, 5.74) is -0.233. The van der Waals surface area contributed by atoms with Crippen LogP contribution in [-0.2, 0) is 0 Å². The van der Waals surface area contributed by atoms with E-state index in [0.29, 0.717) is 12.5 Å². The topological polar surface area (TPSA) is 101 Å². The lowest BCUT2D eigenvalue weighted by atomic mass is 9.74. The fourth-order valence-electron chi connectivity index (χ4n) is 2.47. The van der Waals surface area contributed by atoms with E-state index < -0.39 is 4.92 Å². The maximum Gasteiger partial charge on any atom is 0.305 e. The van der Waals surface area contributed by atoms with Crippen LogP contribution in [0.1, 0.15) is 32.1 Å². The van der Waals surface area contributed by atoms with E-state index in [-0.39, 0.29) is 17.7 Å². The zero-order chi connectivity index (χ0) is 13.7. The van der Waals surface area contributed by atoms with Crippen LogP contribution >= 0.6 is 0 Å². The number of nitrogens with zero attached hydrogens (tertiary/aromatic N) is 3. The van der Waals surface area contributed by atoms with Gasteiger partial charge in [-0.25, -0.2) is 9.97 Å². The van der Waals surface area contributed by atoms with E-state index in [1.165, 1.54) is 18.8 Å². The van der Waals surface area contributed by atoms with E-state index in [4.69, 9.17) is 0 Å². The van der Waals surface area contributed by atoms with Gasteiger partial charge in [0.15, 0.2) is 0 Å². The molecule has 1 aliphatic carbocycles. The largest absolute Gasteiger partial charge is 0.396 e. The van der Waals surface area contributed by atoms with Crippen LogP contribution < -0.4 is 5.32 Å². The third-order valence-electron chi connectivity index (χ3n) is 3.72. The number of aromatic nitrogens is 2. The van der Waals surface area contributed by atoms with Crippen molar-refractivity contribution in [1.29, 1.82) is 0 Å². The quantitative estimate of drug-likeness (QED) is 0.621. The molecule has 19 heavy (non-hydrogen) atoms. The summed E-state index contributed by atoms with van der Waals surface area (Å²) < 4.78 is 0. The van der Waals surface area contributed by atoms with E-state index >= 15 is 0 Å². The standard InChI is InChI=1S/C12H18N4O3/c17-9-12(4-2-1-3-5-12)8-15-11-13-6-10(7-14-11)16(18)19/h6-7,17H,1-5,8-9H2,(H,13,14,15). The summed E-state index contributed by atoms with van der Waals surface area (Å²) in [5.74, 6) is 0.365. The van der Waals surface area contributed by atoms with Gasteiger partial charge in [0, 0.05) is 12.0 Å². The minimum Gasteiger partial charge on any atom is -0.396 e. The van der Waals surface area contributed by atoms with E-state index in [1.54, 1.807) is 0 Å². The van der Waals surface area contributed by atoms with E-state index in [1.807, 2.05) is 0 Å².